The van der Waals surface area contributed by atoms with Crippen LogP contribution in [0.5, 0.6) is 5.88 Å². The monoisotopic (exact) mass is 425 g/mol. The van der Waals surface area contributed by atoms with Crippen molar-refractivity contribution in [3.8, 4) is 5.88 Å². The van der Waals surface area contributed by atoms with E-state index in [0.29, 0.717) is 21.8 Å². The van der Waals surface area contributed by atoms with Crippen LogP contribution in [0.2, 0.25) is 5.02 Å². The minimum Gasteiger partial charge on any atom is -0.493 e. The van der Waals surface area contributed by atoms with Crippen molar-refractivity contribution in [1.29, 1.82) is 0 Å². The van der Waals surface area contributed by atoms with Crippen LogP contribution in [0, 0.1) is 6.92 Å². The topological polar surface area (TPSA) is 49.9 Å². The molecule has 2 aromatic carbocycles. The number of azo groups is 1. The standard InChI is InChI=1S/C19H15ClF3N3OS/c1-10-14(20)3-2-4-15(10)24-25-17-13-7-11(19(21,22)23)5-6-16(13)26(18(17)27)12-8-28-9-12/h2-7,12,27H,8-9H2,1H3. The van der Waals surface area contributed by atoms with E-state index >= 15 is 0 Å². The predicted molar refractivity (Wildman–Crippen MR) is 105 cm³/mol. The van der Waals surface area contributed by atoms with Crippen molar-refractivity contribution in [3.63, 3.8) is 0 Å². The van der Waals surface area contributed by atoms with Gasteiger partial charge < -0.3 is 9.67 Å². The third-order valence-electron chi connectivity index (χ3n) is 4.76. The molecule has 0 radical (unpaired) electrons. The zero-order chi connectivity index (χ0) is 20.1. The van der Waals surface area contributed by atoms with Gasteiger partial charge in [0.15, 0.2) is 5.69 Å². The number of alkyl halides is 3. The van der Waals surface area contributed by atoms with Crippen LogP contribution >= 0.6 is 23.4 Å². The number of hydrogen-bond donors (Lipinski definition) is 1. The molecule has 9 heteroatoms. The van der Waals surface area contributed by atoms with Crippen molar-refractivity contribution >= 4 is 45.6 Å². The second-order valence-electron chi connectivity index (χ2n) is 6.55. The molecule has 0 bridgehead atoms. The van der Waals surface area contributed by atoms with Crippen molar-refractivity contribution in [1.82, 2.24) is 4.57 Å². The third-order valence-corrected chi connectivity index (χ3v) is 6.41. The summed E-state index contributed by atoms with van der Waals surface area (Å²) in [5.41, 5.74) is 0.918. The fraction of sp³-hybridized carbons (Fsp3) is 0.263. The zero-order valence-corrected chi connectivity index (χ0v) is 16.2. The van der Waals surface area contributed by atoms with Crippen LogP contribution in [0.15, 0.2) is 46.6 Å². The van der Waals surface area contributed by atoms with Gasteiger partial charge in [-0.15, -0.1) is 5.11 Å². The predicted octanol–water partition coefficient (Wildman–Crippen LogP) is 7.03. The SMILES string of the molecule is Cc1c(Cl)cccc1N=Nc1c(O)n(C2CSC2)c2ccc(C(F)(F)F)cc12. The summed E-state index contributed by atoms with van der Waals surface area (Å²) in [6.07, 6.45) is -4.49. The lowest BCUT2D eigenvalue weighted by molar-refractivity contribution is -0.137. The molecule has 0 spiro atoms. The average Bonchev–Trinajstić information content (AvgIpc) is 2.86. The van der Waals surface area contributed by atoms with Gasteiger partial charge in [0.25, 0.3) is 0 Å². The summed E-state index contributed by atoms with van der Waals surface area (Å²) < 4.78 is 41.2. The van der Waals surface area contributed by atoms with Crippen molar-refractivity contribution in [2.45, 2.75) is 19.1 Å². The molecule has 1 aliphatic heterocycles. The van der Waals surface area contributed by atoms with Gasteiger partial charge in [-0.3, -0.25) is 0 Å². The van der Waals surface area contributed by atoms with Gasteiger partial charge in [0.1, 0.15) is 0 Å². The Hall–Kier alpha value is -2.19. The second-order valence-corrected chi connectivity index (χ2v) is 8.03. The molecular weight excluding hydrogens is 411 g/mol. The van der Waals surface area contributed by atoms with E-state index in [1.54, 1.807) is 41.5 Å². The highest BCUT2D eigenvalue weighted by atomic mass is 35.5. The summed E-state index contributed by atoms with van der Waals surface area (Å²) in [7, 11) is 0. The molecule has 1 saturated heterocycles. The van der Waals surface area contributed by atoms with E-state index in [-0.39, 0.29) is 23.0 Å². The summed E-state index contributed by atoms with van der Waals surface area (Å²) in [4.78, 5) is 0. The lowest BCUT2D eigenvalue weighted by Gasteiger charge is -2.27. The average molecular weight is 426 g/mol. The van der Waals surface area contributed by atoms with Crippen LogP contribution in [0.1, 0.15) is 17.2 Å². The summed E-state index contributed by atoms with van der Waals surface area (Å²) in [5, 5.41) is 19.7. The summed E-state index contributed by atoms with van der Waals surface area (Å²) in [5.74, 6) is 1.38. The molecule has 0 amide bonds. The maximum atomic E-state index is 13.2. The number of benzene rings is 2. The summed E-state index contributed by atoms with van der Waals surface area (Å²) in [6, 6.07) is 8.54. The second kappa shape index (κ2) is 7.00. The van der Waals surface area contributed by atoms with E-state index in [0.717, 1.165) is 23.6 Å². The molecule has 4 nitrogen and oxygen atoms in total. The molecule has 2 heterocycles. The maximum absolute atomic E-state index is 13.2. The van der Waals surface area contributed by atoms with Crippen LogP contribution in [0.25, 0.3) is 10.9 Å². The molecule has 4 rings (SSSR count). The molecule has 146 valence electrons. The first-order valence-corrected chi connectivity index (χ1v) is 9.99. The van der Waals surface area contributed by atoms with E-state index in [1.165, 1.54) is 6.07 Å². The summed E-state index contributed by atoms with van der Waals surface area (Å²) >= 11 is 7.79. The minimum atomic E-state index is -4.49. The first-order chi connectivity index (χ1) is 13.3. The molecule has 1 aromatic heterocycles. The number of fused-ring (bicyclic) bond motifs is 1. The molecular formula is C19H15ClF3N3OS. The first kappa shape index (κ1) is 19.1. The Bertz CT molecular complexity index is 1090. The molecule has 1 fully saturated rings. The Labute approximate surface area is 168 Å². The Morgan fingerprint density at radius 1 is 1.18 bits per heavy atom. The van der Waals surface area contributed by atoms with Gasteiger partial charge in [-0.25, -0.2) is 0 Å². The maximum Gasteiger partial charge on any atom is 0.416 e. The number of aromatic hydroxyl groups is 1. The van der Waals surface area contributed by atoms with Crippen molar-refractivity contribution in [2.75, 3.05) is 11.5 Å². The Morgan fingerprint density at radius 2 is 1.93 bits per heavy atom. The van der Waals surface area contributed by atoms with Crippen molar-refractivity contribution in [2.24, 2.45) is 10.2 Å². The van der Waals surface area contributed by atoms with Crippen LogP contribution in [0.4, 0.5) is 24.5 Å². The Balaban J connectivity index is 1.89. The van der Waals surface area contributed by atoms with Gasteiger partial charge in [-0.2, -0.15) is 30.0 Å². The molecule has 0 unspecified atom stereocenters. The fourth-order valence-electron chi connectivity index (χ4n) is 3.11. The lowest BCUT2D eigenvalue weighted by Crippen LogP contribution is -2.22. The number of rotatable bonds is 3. The highest BCUT2D eigenvalue weighted by Crippen LogP contribution is 2.46. The molecule has 0 saturated carbocycles. The molecule has 3 aromatic rings. The number of nitrogens with zero attached hydrogens (tertiary/aromatic N) is 3. The molecule has 28 heavy (non-hydrogen) atoms. The first-order valence-electron chi connectivity index (χ1n) is 8.46. The lowest BCUT2D eigenvalue weighted by atomic mass is 10.1. The number of hydrogen-bond acceptors (Lipinski definition) is 4. The van der Waals surface area contributed by atoms with E-state index in [9.17, 15) is 18.3 Å². The van der Waals surface area contributed by atoms with Crippen LogP contribution < -0.4 is 0 Å². The number of thioether (sulfide) groups is 1. The van der Waals surface area contributed by atoms with Gasteiger partial charge in [0.05, 0.1) is 22.8 Å². The normalized spacial score (nSPS) is 15.5. The Morgan fingerprint density at radius 3 is 2.57 bits per heavy atom. The highest BCUT2D eigenvalue weighted by Gasteiger charge is 2.33. The number of aromatic nitrogens is 1. The van der Waals surface area contributed by atoms with Gasteiger partial charge in [0, 0.05) is 21.9 Å². The van der Waals surface area contributed by atoms with Gasteiger partial charge in [-0.05, 0) is 42.8 Å². The molecule has 0 aliphatic carbocycles. The smallest absolute Gasteiger partial charge is 0.416 e. The highest BCUT2D eigenvalue weighted by molar-refractivity contribution is 8.00. The van der Waals surface area contributed by atoms with Gasteiger partial charge in [0.2, 0.25) is 5.88 Å². The number of halogens is 4. The van der Waals surface area contributed by atoms with E-state index < -0.39 is 11.7 Å². The van der Waals surface area contributed by atoms with Crippen LogP contribution in [0.3, 0.4) is 0 Å². The van der Waals surface area contributed by atoms with Gasteiger partial charge in [-0.1, -0.05) is 17.7 Å². The largest absolute Gasteiger partial charge is 0.493 e. The van der Waals surface area contributed by atoms with Crippen molar-refractivity contribution in [3.05, 3.63) is 52.5 Å². The van der Waals surface area contributed by atoms with E-state index in [1.807, 2.05) is 0 Å². The van der Waals surface area contributed by atoms with E-state index in [4.69, 9.17) is 11.6 Å². The van der Waals surface area contributed by atoms with E-state index in [2.05, 4.69) is 10.2 Å². The minimum absolute atomic E-state index is 0.0149. The molecule has 1 N–H and O–H groups in total. The van der Waals surface area contributed by atoms with Crippen LogP contribution in [-0.4, -0.2) is 21.2 Å². The summed E-state index contributed by atoms with van der Waals surface area (Å²) in [6.45, 7) is 1.77. The Kier molecular flexibility index (Phi) is 4.79. The quantitative estimate of drug-likeness (QED) is 0.458. The van der Waals surface area contributed by atoms with Crippen molar-refractivity contribution < 1.29 is 18.3 Å². The third kappa shape index (κ3) is 3.24. The molecule has 0 atom stereocenters. The fourth-order valence-corrected chi connectivity index (χ4v) is 4.02. The zero-order valence-electron chi connectivity index (χ0n) is 14.7. The van der Waals surface area contributed by atoms with Crippen LogP contribution in [-0.2, 0) is 6.18 Å². The molecule has 1 aliphatic rings. The van der Waals surface area contributed by atoms with Gasteiger partial charge >= 0.3 is 6.18 Å².